The Morgan fingerprint density at radius 2 is 2.55 bits per heavy atom. The maximum atomic E-state index is 10.9. The molecule has 0 bridgehead atoms. The molecule has 1 N–H and O–H groups in total. The SMILES string of the molecule is CC1CN(CCCO)C(=O)O1. The third-order valence-corrected chi connectivity index (χ3v) is 1.62. The van der Waals surface area contributed by atoms with Gasteiger partial charge in [0.2, 0.25) is 0 Å². The molecule has 1 atom stereocenters. The van der Waals surface area contributed by atoms with Crippen molar-refractivity contribution in [2.24, 2.45) is 0 Å². The third kappa shape index (κ3) is 2.08. The number of hydrogen-bond donors (Lipinski definition) is 1. The maximum absolute atomic E-state index is 10.9. The van der Waals surface area contributed by atoms with Crippen molar-refractivity contribution in [1.82, 2.24) is 4.90 Å². The lowest BCUT2D eigenvalue weighted by Crippen LogP contribution is -2.26. The van der Waals surface area contributed by atoms with E-state index in [0.717, 1.165) is 0 Å². The van der Waals surface area contributed by atoms with E-state index >= 15 is 0 Å². The quantitative estimate of drug-likeness (QED) is 0.640. The van der Waals surface area contributed by atoms with Gasteiger partial charge in [0.15, 0.2) is 0 Å². The topological polar surface area (TPSA) is 49.8 Å². The minimum absolute atomic E-state index is 0.00110. The Bertz CT molecular complexity index is 149. The van der Waals surface area contributed by atoms with Crippen LogP contribution in [0.4, 0.5) is 4.79 Å². The van der Waals surface area contributed by atoms with E-state index < -0.39 is 0 Å². The van der Waals surface area contributed by atoms with Crippen LogP contribution in [0.15, 0.2) is 0 Å². The predicted octanol–water partition coefficient (Wildman–Crippen LogP) is 0.210. The molecule has 0 radical (unpaired) electrons. The predicted molar refractivity (Wildman–Crippen MR) is 39.2 cm³/mol. The molecular formula is C7H13NO3. The Balaban J connectivity index is 2.29. The van der Waals surface area contributed by atoms with Crippen LogP contribution < -0.4 is 0 Å². The molecule has 0 aromatic heterocycles. The molecule has 0 spiro atoms. The minimum Gasteiger partial charge on any atom is -0.445 e. The second kappa shape index (κ2) is 3.57. The summed E-state index contributed by atoms with van der Waals surface area (Å²) in [6.45, 7) is 3.23. The molecule has 1 amide bonds. The van der Waals surface area contributed by atoms with Crippen LogP contribution in [0.3, 0.4) is 0 Å². The smallest absolute Gasteiger partial charge is 0.410 e. The van der Waals surface area contributed by atoms with Crippen LogP contribution in [0.2, 0.25) is 0 Å². The number of hydrogen-bond acceptors (Lipinski definition) is 3. The first-order valence-corrected chi connectivity index (χ1v) is 3.80. The van der Waals surface area contributed by atoms with Gasteiger partial charge in [-0.2, -0.15) is 0 Å². The van der Waals surface area contributed by atoms with Crippen molar-refractivity contribution in [2.75, 3.05) is 19.7 Å². The molecule has 1 unspecified atom stereocenters. The molecule has 11 heavy (non-hydrogen) atoms. The molecule has 1 saturated heterocycles. The fraction of sp³-hybridized carbons (Fsp3) is 0.857. The van der Waals surface area contributed by atoms with E-state index in [2.05, 4.69) is 0 Å². The van der Waals surface area contributed by atoms with Gasteiger partial charge in [-0.25, -0.2) is 4.79 Å². The highest BCUT2D eigenvalue weighted by Crippen LogP contribution is 2.09. The molecule has 1 aliphatic heterocycles. The van der Waals surface area contributed by atoms with Gasteiger partial charge in [0.05, 0.1) is 6.54 Å². The van der Waals surface area contributed by atoms with E-state index in [1.807, 2.05) is 6.92 Å². The summed E-state index contributed by atoms with van der Waals surface area (Å²) in [5.74, 6) is 0. The van der Waals surface area contributed by atoms with Crippen LogP contribution >= 0.6 is 0 Å². The Morgan fingerprint density at radius 1 is 1.82 bits per heavy atom. The van der Waals surface area contributed by atoms with Gasteiger partial charge in [-0.1, -0.05) is 0 Å². The molecule has 0 aromatic rings. The zero-order chi connectivity index (χ0) is 8.27. The van der Waals surface area contributed by atoms with Crippen molar-refractivity contribution in [3.8, 4) is 0 Å². The molecule has 4 nitrogen and oxygen atoms in total. The largest absolute Gasteiger partial charge is 0.445 e. The molecule has 1 heterocycles. The zero-order valence-corrected chi connectivity index (χ0v) is 6.62. The summed E-state index contributed by atoms with van der Waals surface area (Å²) < 4.78 is 4.88. The van der Waals surface area contributed by atoms with Crippen LogP contribution in [0.1, 0.15) is 13.3 Å². The molecule has 1 aliphatic rings. The fourth-order valence-electron chi connectivity index (χ4n) is 1.11. The lowest BCUT2D eigenvalue weighted by atomic mass is 10.3. The monoisotopic (exact) mass is 159 g/mol. The second-order valence-corrected chi connectivity index (χ2v) is 2.72. The van der Waals surface area contributed by atoms with Crippen molar-refractivity contribution in [1.29, 1.82) is 0 Å². The number of rotatable bonds is 3. The number of cyclic esters (lactones) is 1. The summed E-state index contributed by atoms with van der Waals surface area (Å²) in [6.07, 6.45) is 0.370. The van der Waals surface area contributed by atoms with Gasteiger partial charge in [0.1, 0.15) is 6.10 Å². The number of carbonyl (C=O) groups is 1. The first kappa shape index (κ1) is 8.33. The van der Waals surface area contributed by atoms with Gasteiger partial charge in [-0.05, 0) is 13.3 Å². The van der Waals surface area contributed by atoms with Crippen LogP contribution in [-0.2, 0) is 4.74 Å². The second-order valence-electron chi connectivity index (χ2n) is 2.72. The number of nitrogens with zero attached hydrogens (tertiary/aromatic N) is 1. The standard InChI is InChI=1S/C7H13NO3/c1-6-5-8(3-2-4-9)7(10)11-6/h6,9H,2-5H2,1H3. The van der Waals surface area contributed by atoms with E-state index in [-0.39, 0.29) is 18.8 Å². The molecule has 64 valence electrons. The summed E-state index contributed by atoms with van der Waals surface area (Å²) in [5, 5.41) is 8.50. The summed E-state index contributed by atoms with van der Waals surface area (Å²) in [6, 6.07) is 0. The summed E-state index contributed by atoms with van der Waals surface area (Å²) in [5.41, 5.74) is 0. The highest BCUT2D eigenvalue weighted by Gasteiger charge is 2.26. The van der Waals surface area contributed by atoms with Gasteiger partial charge in [-0.3, -0.25) is 0 Å². The Kier molecular flexibility index (Phi) is 2.70. The lowest BCUT2D eigenvalue weighted by molar-refractivity contribution is 0.137. The number of amides is 1. The average Bonchev–Trinajstić information content (AvgIpc) is 2.26. The van der Waals surface area contributed by atoms with E-state index in [9.17, 15) is 4.79 Å². The van der Waals surface area contributed by atoms with E-state index in [1.165, 1.54) is 0 Å². The first-order valence-electron chi connectivity index (χ1n) is 3.80. The summed E-state index contributed by atoms with van der Waals surface area (Å²) in [4.78, 5) is 12.5. The van der Waals surface area contributed by atoms with Crippen LogP contribution in [-0.4, -0.2) is 41.9 Å². The molecule has 0 aromatic carbocycles. The zero-order valence-electron chi connectivity index (χ0n) is 6.62. The molecule has 0 aliphatic carbocycles. The van der Waals surface area contributed by atoms with Crippen molar-refractivity contribution in [2.45, 2.75) is 19.4 Å². The van der Waals surface area contributed by atoms with Gasteiger partial charge in [0, 0.05) is 13.2 Å². The number of aliphatic hydroxyl groups is 1. The van der Waals surface area contributed by atoms with Crippen molar-refractivity contribution >= 4 is 6.09 Å². The molecule has 0 saturated carbocycles. The van der Waals surface area contributed by atoms with Gasteiger partial charge >= 0.3 is 6.09 Å². The highest BCUT2D eigenvalue weighted by molar-refractivity contribution is 5.69. The summed E-state index contributed by atoms with van der Waals surface area (Å²) >= 11 is 0. The highest BCUT2D eigenvalue weighted by atomic mass is 16.6. The fourth-order valence-corrected chi connectivity index (χ4v) is 1.11. The van der Waals surface area contributed by atoms with Crippen molar-refractivity contribution in [3.05, 3.63) is 0 Å². The number of carbonyl (C=O) groups excluding carboxylic acids is 1. The Hall–Kier alpha value is -0.770. The van der Waals surface area contributed by atoms with Crippen LogP contribution in [0, 0.1) is 0 Å². The lowest BCUT2D eigenvalue weighted by Gasteiger charge is -2.10. The van der Waals surface area contributed by atoms with Gasteiger partial charge in [0.25, 0.3) is 0 Å². The Labute approximate surface area is 65.8 Å². The minimum atomic E-state index is -0.258. The van der Waals surface area contributed by atoms with Gasteiger partial charge < -0.3 is 14.7 Å². The third-order valence-electron chi connectivity index (χ3n) is 1.62. The van der Waals surface area contributed by atoms with E-state index in [1.54, 1.807) is 4.90 Å². The molecule has 1 fully saturated rings. The maximum Gasteiger partial charge on any atom is 0.410 e. The van der Waals surface area contributed by atoms with Crippen molar-refractivity contribution < 1.29 is 14.6 Å². The first-order chi connectivity index (χ1) is 5.24. The van der Waals surface area contributed by atoms with Crippen LogP contribution in [0.5, 0.6) is 0 Å². The number of aliphatic hydroxyl groups excluding tert-OH is 1. The van der Waals surface area contributed by atoms with Gasteiger partial charge in [-0.15, -0.1) is 0 Å². The average molecular weight is 159 g/mol. The van der Waals surface area contributed by atoms with E-state index in [0.29, 0.717) is 19.5 Å². The Morgan fingerprint density at radius 3 is 3.00 bits per heavy atom. The molecule has 1 rings (SSSR count). The molecule has 4 heteroatoms. The van der Waals surface area contributed by atoms with Crippen molar-refractivity contribution in [3.63, 3.8) is 0 Å². The van der Waals surface area contributed by atoms with Crippen LogP contribution in [0.25, 0.3) is 0 Å². The normalized spacial score (nSPS) is 24.0. The molecular weight excluding hydrogens is 146 g/mol. The number of ether oxygens (including phenoxy) is 1. The van der Waals surface area contributed by atoms with E-state index in [4.69, 9.17) is 9.84 Å². The summed E-state index contributed by atoms with van der Waals surface area (Å²) in [7, 11) is 0.